The number of amides is 2. The third-order valence-corrected chi connectivity index (χ3v) is 5.30. The van der Waals surface area contributed by atoms with E-state index in [2.05, 4.69) is 10.2 Å². The number of anilines is 1. The zero-order valence-corrected chi connectivity index (χ0v) is 16.6. The second-order valence-electron chi connectivity index (χ2n) is 7.20. The first-order valence-corrected chi connectivity index (χ1v) is 9.76. The topological polar surface area (TPSA) is 52.7 Å². The van der Waals surface area contributed by atoms with Crippen molar-refractivity contribution in [3.63, 3.8) is 0 Å². The van der Waals surface area contributed by atoms with E-state index in [9.17, 15) is 18.4 Å². The Hall–Kier alpha value is -2.96. The summed E-state index contributed by atoms with van der Waals surface area (Å²) in [4.78, 5) is 28.8. The lowest BCUT2D eigenvalue weighted by atomic mass is 10.0. The number of halogens is 2. The molecule has 1 fully saturated rings. The van der Waals surface area contributed by atoms with E-state index in [-0.39, 0.29) is 17.5 Å². The Labute approximate surface area is 169 Å². The molecule has 0 bridgehead atoms. The van der Waals surface area contributed by atoms with Crippen LogP contribution in [-0.4, -0.2) is 49.4 Å². The zero-order chi connectivity index (χ0) is 21.0. The fraction of sp³-hybridized carbons (Fsp3) is 0.364. The fourth-order valence-electron chi connectivity index (χ4n) is 3.48. The SMILES string of the molecule is CCN(C)C(=O)c1ccccc1N1CCC(NC(=O)c2ccc(F)cc2F)CC1. The lowest BCUT2D eigenvalue weighted by molar-refractivity contribution is 0.0802. The summed E-state index contributed by atoms with van der Waals surface area (Å²) in [6.07, 6.45) is 1.33. The molecule has 1 N–H and O–H groups in total. The number of nitrogens with one attached hydrogen (secondary N) is 1. The predicted octanol–water partition coefficient (Wildman–Crippen LogP) is 3.46. The maximum Gasteiger partial charge on any atom is 0.255 e. The van der Waals surface area contributed by atoms with Gasteiger partial charge in [0, 0.05) is 44.5 Å². The van der Waals surface area contributed by atoms with Gasteiger partial charge in [0.1, 0.15) is 11.6 Å². The van der Waals surface area contributed by atoms with E-state index < -0.39 is 17.5 Å². The molecule has 1 heterocycles. The van der Waals surface area contributed by atoms with Gasteiger partial charge in [-0.15, -0.1) is 0 Å². The molecule has 29 heavy (non-hydrogen) atoms. The maximum atomic E-state index is 13.8. The molecule has 0 atom stereocenters. The van der Waals surface area contributed by atoms with Crippen molar-refractivity contribution in [2.75, 3.05) is 31.6 Å². The predicted molar refractivity (Wildman–Crippen MR) is 108 cm³/mol. The number of para-hydroxylation sites is 1. The average Bonchev–Trinajstić information content (AvgIpc) is 2.73. The third kappa shape index (κ3) is 4.72. The number of hydrogen-bond donors (Lipinski definition) is 1. The first-order valence-electron chi connectivity index (χ1n) is 9.76. The second kappa shape index (κ2) is 9.03. The lowest BCUT2D eigenvalue weighted by Crippen LogP contribution is -2.45. The Morgan fingerprint density at radius 3 is 2.45 bits per heavy atom. The molecular weight excluding hydrogens is 376 g/mol. The molecule has 0 aromatic heterocycles. The van der Waals surface area contributed by atoms with E-state index >= 15 is 0 Å². The summed E-state index contributed by atoms with van der Waals surface area (Å²) in [5.74, 6) is -2.15. The summed E-state index contributed by atoms with van der Waals surface area (Å²) in [5, 5.41) is 2.83. The van der Waals surface area contributed by atoms with Crippen LogP contribution in [0.4, 0.5) is 14.5 Å². The Morgan fingerprint density at radius 1 is 1.10 bits per heavy atom. The van der Waals surface area contributed by atoms with Gasteiger partial charge in [0.05, 0.1) is 11.1 Å². The van der Waals surface area contributed by atoms with Crippen molar-refractivity contribution in [2.45, 2.75) is 25.8 Å². The molecule has 2 aromatic rings. The van der Waals surface area contributed by atoms with Gasteiger partial charge in [-0.05, 0) is 44.0 Å². The number of benzene rings is 2. The molecule has 3 rings (SSSR count). The van der Waals surface area contributed by atoms with Crippen LogP contribution < -0.4 is 10.2 Å². The molecule has 1 aliphatic heterocycles. The fourth-order valence-corrected chi connectivity index (χ4v) is 3.48. The minimum absolute atomic E-state index is 0.0229. The van der Waals surface area contributed by atoms with Gasteiger partial charge in [0.25, 0.3) is 11.8 Å². The number of hydrogen-bond acceptors (Lipinski definition) is 3. The first kappa shape index (κ1) is 20.8. The number of nitrogens with zero attached hydrogens (tertiary/aromatic N) is 2. The molecule has 1 aliphatic rings. The molecule has 0 aliphatic carbocycles. The van der Waals surface area contributed by atoms with Crippen LogP contribution in [0.5, 0.6) is 0 Å². The van der Waals surface area contributed by atoms with Crippen molar-refractivity contribution < 1.29 is 18.4 Å². The van der Waals surface area contributed by atoms with Crippen molar-refractivity contribution in [2.24, 2.45) is 0 Å². The van der Waals surface area contributed by atoms with Gasteiger partial charge in [-0.3, -0.25) is 9.59 Å². The first-order chi connectivity index (χ1) is 13.9. The van der Waals surface area contributed by atoms with Crippen LogP contribution in [-0.2, 0) is 0 Å². The monoisotopic (exact) mass is 401 g/mol. The Morgan fingerprint density at radius 2 is 1.79 bits per heavy atom. The van der Waals surface area contributed by atoms with Crippen LogP contribution in [0.3, 0.4) is 0 Å². The summed E-state index contributed by atoms with van der Waals surface area (Å²) in [7, 11) is 1.77. The highest BCUT2D eigenvalue weighted by atomic mass is 19.1. The number of piperidine rings is 1. The molecule has 0 spiro atoms. The molecule has 7 heteroatoms. The van der Waals surface area contributed by atoms with Gasteiger partial charge in [0.15, 0.2) is 0 Å². The highest BCUT2D eigenvalue weighted by Gasteiger charge is 2.25. The van der Waals surface area contributed by atoms with Crippen LogP contribution >= 0.6 is 0 Å². The molecule has 154 valence electrons. The van der Waals surface area contributed by atoms with E-state index in [1.807, 2.05) is 31.2 Å². The van der Waals surface area contributed by atoms with Crippen LogP contribution in [0.15, 0.2) is 42.5 Å². The standard InChI is InChI=1S/C22H25F2N3O2/c1-3-26(2)22(29)18-6-4-5-7-20(18)27-12-10-16(11-13-27)25-21(28)17-9-8-15(23)14-19(17)24/h4-9,14,16H,3,10-13H2,1-2H3,(H,25,28). The van der Waals surface area contributed by atoms with Crippen LogP contribution in [0, 0.1) is 11.6 Å². The van der Waals surface area contributed by atoms with Gasteiger partial charge in [-0.2, -0.15) is 0 Å². The van der Waals surface area contributed by atoms with Crippen LogP contribution in [0.1, 0.15) is 40.5 Å². The molecule has 0 unspecified atom stereocenters. The summed E-state index contributed by atoms with van der Waals surface area (Å²) in [6.45, 7) is 3.88. The number of rotatable bonds is 5. The lowest BCUT2D eigenvalue weighted by Gasteiger charge is -2.35. The number of carbonyl (C=O) groups excluding carboxylic acids is 2. The van der Waals surface area contributed by atoms with E-state index in [1.165, 1.54) is 0 Å². The largest absolute Gasteiger partial charge is 0.371 e. The van der Waals surface area contributed by atoms with Gasteiger partial charge in [0.2, 0.25) is 0 Å². The number of carbonyl (C=O) groups is 2. The Kier molecular flexibility index (Phi) is 6.46. The quantitative estimate of drug-likeness (QED) is 0.835. The molecular formula is C22H25F2N3O2. The summed E-state index contributed by atoms with van der Waals surface area (Å²) < 4.78 is 26.8. The highest BCUT2D eigenvalue weighted by molar-refractivity contribution is 5.99. The van der Waals surface area contributed by atoms with Gasteiger partial charge in [-0.25, -0.2) is 8.78 Å². The van der Waals surface area contributed by atoms with Crippen molar-refractivity contribution in [3.8, 4) is 0 Å². The molecule has 0 saturated carbocycles. The molecule has 1 saturated heterocycles. The summed E-state index contributed by atoms with van der Waals surface area (Å²) >= 11 is 0. The minimum Gasteiger partial charge on any atom is -0.371 e. The van der Waals surface area contributed by atoms with E-state index in [0.717, 1.165) is 17.8 Å². The third-order valence-electron chi connectivity index (χ3n) is 5.30. The molecule has 2 amide bonds. The Balaban J connectivity index is 1.64. The van der Waals surface area contributed by atoms with Gasteiger partial charge >= 0.3 is 0 Å². The van der Waals surface area contributed by atoms with Crippen molar-refractivity contribution in [1.29, 1.82) is 0 Å². The van der Waals surface area contributed by atoms with Gasteiger partial charge < -0.3 is 15.1 Å². The molecule has 0 radical (unpaired) electrons. The zero-order valence-electron chi connectivity index (χ0n) is 16.6. The van der Waals surface area contributed by atoms with E-state index in [4.69, 9.17) is 0 Å². The second-order valence-corrected chi connectivity index (χ2v) is 7.20. The maximum absolute atomic E-state index is 13.8. The van der Waals surface area contributed by atoms with Crippen molar-refractivity contribution in [1.82, 2.24) is 10.2 Å². The van der Waals surface area contributed by atoms with Crippen LogP contribution in [0.2, 0.25) is 0 Å². The van der Waals surface area contributed by atoms with Crippen molar-refractivity contribution >= 4 is 17.5 Å². The molecule has 2 aromatic carbocycles. The minimum atomic E-state index is -0.868. The average molecular weight is 401 g/mol. The highest BCUT2D eigenvalue weighted by Crippen LogP contribution is 2.25. The smallest absolute Gasteiger partial charge is 0.255 e. The normalized spacial score (nSPS) is 14.6. The van der Waals surface area contributed by atoms with E-state index in [1.54, 1.807) is 11.9 Å². The van der Waals surface area contributed by atoms with Crippen molar-refractivity contribution in [3.05, 3.63) is 65.2 Å². The Bertz CT molecular complexity index is 895. The van der Waals surface area contributed by atoms with Gasteiger partial charge in [-0.1, -0.05) is 12.1 Å². The van der Waals surface area contributed by atoms with Crippen LogP contribution in [0.25, 0.3) is 0 Å². The summed E-state index contributed by atoms with van der Waals surface area (Å²) in [6, 6.07) is 10.3. The van der Waals surface area contributed by atoms with E-state index in [0.29, 0.717) is 44.1 Å². The summed E-state index contributed by atoms with van der Waals surface area (Å²) in [5.41, 5.74) is 1.38. The molecule has 5 nitrogen and oxygen atoms in total.